The second kappa shape index (κ2) is 7.94. The summed E-state index contributed by atoms with van der Waals surface area (Å²) in [6, 6.07) is 5.33. The van der Waals surface area contributed by atoms with E-state index in [0.717, 1.165) is 30.4 Å². The number of halogens is 9. The largest absolute Gasteiger partial charge is 0.416 e. The van der Waals surface area contributed by atoms with Gasteiger partial charge in [-0.2, -0.15) is 26.3 Å². The fraction of sp³-hybridized carbons (Fsp3) is 0.222. The minimum absolute atomic E-state index is 0.0201. The first-order valence-corrected chi connectivity index (χ1v) is 8.51. The van der Waals surface area contributed by atoms with Gasteiger partial charge in [-0.25, -0.2) is 0 Å². The molecule has 146 valence electrons. The number of rotatable bonds is 3. The third kappa shape index (κ3) is 5.33. The molecule has 0 aliphatic heterocycles. The third-order valence-corrected chi connectivity index (χ3v) is 4.96. The average molecular weight is 448 g/mol. The van der Waals surface area contributed by atoms with Gasteiger partial charge in [-0.1, -0.05) is 59.1 Å². The molecule has 0 bridgehead atoms. The molecule has 0 aromatic heterocycles. The second-order valence-electron chi connectivity index (χ2n) is 5.75. The lowest BCUT2D eigenvalue weighted by molar-refractivity contribution is -0.139. The molecular weight excluding hydrogens is 437 g/mol. The summed E-state index contributed by atoms with van der Waals surface area (Å²) in [5.41, 5.74) is -1.23. The standard InChI is InChI=1S/C18H11Cl3F6/c1-9-2-3-10(6-13(9)18(25,26)27)4-5-12(17(22,23)24)11-7-14(19)16(21)15(20)8-11/h2-8,12H,1H3/b5-4+. The van der Waals surface area contributed by atoms with Crippen molar-refractivity contribution in [2.75, 3.05) is 0 Å². The van der Waals surface area contributed by atoms with E-state index < -0.39 is 23.8 Å². The topological polar surface area (TPSA) is 0 Å². The Morgan fingerprint density at radius 3 is 1.93 bits per heavy atom. The third-order valence-electron chi connectivity index (χ3n) is 3.77. The molecule has 2 aromatic carbocycles. The van der Waals surface area contributed by atoms with E-state index in [-0.39, 0.29) is 31.8 Å². The summed E-state index contributed by atoms with van der Waals surface area (Å²) in [6.45, 7) is 1.27. The predicted molar refractivity (Wildman–Crippen MR) is 95.5 cm³/mol. The Labute approximate surface area is 166 Å². The number of alkyl halides is 6. The lowest BCUT2D eigenvalue weighted by Gasteiger charge is -2.18. The van der Waals surface area contributed by atoms with Crippen LogP contribution in [0.4, 0.5) is 26.3 Å². The van der Waals surface area contributed by atoms with Crippen molar-refractivity contribution in [2.45, 2.75) is 25.2 Å². The van der Waals surface area contributed by atoms with Gasteiger partial charge in [-0.3, -0.25) is 0 Å². The molecule has 1 unspecified atom stereocenters. The van der Waals surface area contributed by atoms with Crippen LogP contribution >= 0.6 is 34.8 Å². The first-order chi connectivity index (χ1) is 12.3. The Bertz CT molecular complexity index is 845. The van der Waals surface area contributed by atoms with Gasteiger partial charge in [0.2, 0.25) is 0 Å². The van der Waals surface area contributed by atoms with Gasteiger partial charge in [0, 0.05) is 0 Å². The highest BCUT2D eigenvalue weighted by Gasteiger charge is 2.39. The molecule has 0 aliphatic carbocycles. The summed E-state index contributed by atoms with van der Waals surface area (Å²) in [7, 11) is 0. The average Bonchev–Trinajstić information content (AvgIpc) is 2.51. The number of hydrogen-bond donors (Lipinski definition) is 0. The molecule has 0 saturated carbocycles. The second-order valence-corrected chi connectivity index (χ2v) is 6.94. The van der Waals surface area contributed by atoms with Crippen molar-refractivity contribution in [1.29, 1.82) is 0 Å². The van der Waals surface area contributed by atoms with E-state index in [4.69, 9.17) is 34.8 Å². The highest BCUT2D eigenvalue weighted by Crippen LogP contribution is 2.41. The molecule has 9 heteroatoms. The van der Waals surface area contributed by atoms with Gasteiger partial charge in [-0.15, -0.1) is 0 Å². The van der Waals surface area contributed by atoms with Gasteiger partial charge in [0.25, 0.3) is 0 Å². The van der Waals surface area contributed by atoms with E-state index in [1.807, 2.05) is 0 Å². The summed E-state index contributed by atoms with van der Waals surface area (Å²) >= 11 is 17.3. The molecule has 0 heterocycles. The van der Waals surface area contributed by atoms with Crippen molar-refractivity contribution in [3.8, 4) is 0 Å². The number of benzene rings is 2. The van der Waals surface area contributed by atoms with Crippen LogP contribution in [-0.2, 0) is 6.18 Å². The van der Waals surface area contributed by atoms with Gasteiger partial charge < -0.3 is 0 Å². The molecule has 0 amide bonds. The fourth-order valence-electron chi connectivity index (χ4n) is 2.42. The van der Waals surface area contributed by atoms with Gasteiger partial charge in [0.15, 0.2) is 0 Å². The summed E-state index contributed by atoms with van der Waals surface area (Å²) in [4.78, 5) is 0. The maximum Gasteiger partial charge on any atom is 0.416 e. The SMILES string of the molecule is Cc1ccc(/C=C/C(c2cc(Cl)c(Cl)c(Cl)c2)C(F)(F)F)cc1C(F)(F)F. The Balaban J connectivity index is 2.47. The number of aryl methyl sites for hydroxylation is 1. The zero-order valence-electron chi connectivity index (χ0n) is 13.5. The van der Waals surface area contributed by atoms with Crippen molar-refractivity contribution in [1.82, 2.24) is 0 Å². The zero-order chi connectivity index (χ0) is 20.6. The number of hydrogen-bond acceptors (Lipinski definition) is 0. The normalized spacial score (nSPS) is 14.0. The van der Waals surface area contributed by atoms with Gasteiger partial charge >= 0.3 is 12.4 Å². The monoisotopic (exact) mass is 446 g/mol. The van der Waals surface area contributed by atoms with Crippen LogP contribution in [0.15, 0.2) is 36.4 Å². The van der Waals surface area contributed by atoms with E-state index in [0.29, 0.717) is 0 Å². The van der Waals surface area contributed by atoms with Crippen LogP contribution in [0.3, 0.4) is 0 Å². The van der Waals surface area contributed by atoms with Crippen LogP contribution in [0.25, 0.3) is 6.08 Å². The van der Waals surface area contributed by atoms with Crippen LogP contribution in [0, 0.1) is 6.92 Å². The Kier molecular flexibility index (Phi) is 6.44. The van der Waals surface area contributed by atoms with E-state index >= 15 is 0 Å². The summed E-state index contributed by atoms with van der Waals surface area (Å²) in [5.74, 6) is -2.12. The van der Waals surface area contributed by atoms with Crippen molar-refractivity contribution in [2.24, 2.45) is 0 Å². The number of allylic oxidation sites excluding steroid dienone is 1. The molecule has 2 aromatic rings. The molecule has 0 nitrogen and oxygen atoms in total. The van der Waals surface area contributed by atoms with Crippen LogP contribution in [0.1, 0.15) is 28.2 Å². The molecule has 0 aliphatic rings. The minimum Gasteiger partial charge on any atom is -0.170 e. The lowest BCUT2D eigenvalue weighted by atomic mass is 9.96. The van der Waals surface area contributed by atoms with Crippen molar-refractivity contribution >= 4 is 40.9 Å². The van der Waals surface area contributed by atoms with E-state index in [1.165, 1.54) is 19.1 Å². The highest BCUT2D eigenvalue weighted by atomic mass is 35.5. The molecule has 0 saturated heterocycles. The maximum absolute atomic E-state index is 13.5. The molecule has 0 radical (unpaired) electrons. The smallest absolute Gasteiger partial charge is 0.170 e. The highest BCUT2D eigenvalue weighted by molar-refractivity contribution is 6.48. The van der Waals surface area contributed by atoms with Crippen LogP contribution in [0.2, 0.25) is 15.1 Å². The van der Waals surface area contributed by atoms with E-state index in [2.05, 4.69) is 0 Å². The fourth-order valence-corrected chi connectivity index (χ4v) is 3.03. The molecule has 0 fully saturated rings. The zero-order valence-corrected chi connectivity index (χ0v) is 15.8. The Hall–Kier alpha value is -1.37. The van der Waals surface area contributed by atoms with Crippen LogP contribution in [-0.4, -0.2) is 6.18 Å². The molecule has 2 rings (SSSR count). The van der Waals surface area contributed by atoms with Crippen molar-refractivity contribution in [3.05, 3.63) is 73.7 Å². The summed E-state index contributed by atoms with van der Waals surface area (Å²) < 4.78 is 79.3. The van der Waals surface area contributed by atoms with Crippen molar-refractivity contribution < 1.29 is 26.3 Å². The van der Waals surface area contributed by atoms with Gasteiger partial charge in [0.05, 0.1) is 26.5 Å². The molecular formula is C18H11Cl3F6. The maximum atomic E-state index is 13.5. The quantitative estimate of drug-likeness (QED) is 0.328. The van der Waals surface area contributed by atoms with Crippen molar-refractivity contribution in [3.63, 3.8) is 0 Å². The Morgan fingerprint density at radius 2 is 1.44 bits per heavy atom. The minimum atomic E-state index is -4.71. The van der Waals surface area contributed by atoms with Crippen LogP contribution < -0.4 is 0 Å². The molecule has 0 N–H and O–H groups in total. The first kappa shape index (κ1) is 21.9. The molecule has 27 heavy (non-hydrogen) atoms. The summed E-state index contributed by atoms with van der Waals surface area (Å²) in [5, 5.41) is -0.395. The van der Waals surface area contributed by atoms with Crippen LogP contribution in [0.5, 0.6) is 0 Å². The summed E-state index contributed by atoms with van der Waals surface area (Å²) in [6.07, 6.45) is -7.59. The first-order valence-electron chi connectivity index (χ1n) is 7.38. The van der Waals surface area contributed by atoms with E-state index in [1.54, 1.807) is 0 Å². The van der Waals surface area contributed by atoms with Gasteiger partial charge in [-0.05, 0) is 41.8 Å². The molecule has 0 spiro atoms. The molecule has 1 atom stereocenters. The predicted octanol–water partition coefficient (Wildman–Crippen LogP) is 8.33. The van der Waals surface area contributed by atoms with E-state index in [9.17, 15) is 26.3 Å². The Morgan fingerprint density at radius 1 is 0.889 bits per heavy atom. The lowest BCUT2D eigenvalue weighted by Crippen LogP contribution is -2.19. The van der Waals surface area contributed by atoms with Gasteiger partial charge in [0.1, 0.15) is 0 Å².